The Morgan fingerprint density at radius 1 is 1.17 bits per heavy atom. The standard InChI is InChI=1S/C16H10Cl2N2O4/c17-10-3-6-14(18)12(7-10)16-13(8-21)15(19-24-16)9-1-4-11(5-2-9)20(22)23/h1-7,21H,8H2. The predicted octanol–water partition coefficient (Wildman–Crippen LogP) is 4.72. The highest BCUT2D eigenvalue weighted by Crippen LogP contribution is 2.37. The Balaban J connectivity index is 2.10. The Hall–Kier alpha value is -2.41. The van der Waals surface area contributed by atoms with Crippen LogP contribution in [0.3, 0.4) is 0 Å². The summed E-state index contributed by atoms with van der Waals surface area (Å²) in [5.74, 6) is 0.304. The van der Waals surface area contributed by atoms with Crippen molar-refractivity contribution in [2.75, 3.05) is 0 Å². The molecule has 0 saturated carbocycles. The molecule has 0 spiro atoms. The minimum absolute atomic E-state index is 0.0362. The van der Waals surface area contributed by atoms with Gasteiger partial charge in [0.15, 0.2) is 5.76 Å². The molecule has 0 unspecified atom stereocenters. The van der Waals surface area contributed by atoms with Crippen molar-refractivity contribution in [3.63, 3.8) is 0 Å². The predicted molar refractivity (Wildman–Crippen MR) is 90.0 cm³/mol. The summed E-state index contributed by atoms with van der Waals surface area (Å²) in [6, 6.07) is 10.7. The Morgan fingerprint density at radius 3 is 2.50 bits per heavy atom. The summed E-state index contributed by atoms with van der Waals surface area (Å²) in [5, 5.41) is 25.3. The molecule has 8 heteroatoms. The molecule has 0 aliphatic rings. The summed E-state index contributed by atoms with van der Waals surface area (Å²) in [6.07, 6.45) is 0. The molecule has 0 bridgehead atoms. The number of aliphatic hydroxyl groups is 1. The van der Waals surface area contributed by atoms with Gasteiger partial charge >= 0.3 is 0 Å². The molecule has 3 aromatic rings. The number of hydrogen-bond donors (Lipinski definition) is 1. The molecule has 122 valence electrons. The van der Waals surface area contributed by atoms with Crippen LogP contribution in [0.1, 0.15) is 5.56 Å². The average Bonchev–Trinajstić information content (AvgIpc) is 3.00. The zero-order valence-electron chi connectivity index (χ0n) is 12.1. The zero-order valence-corrected chi connectivity index (χ0v) is 13.6. The Kier molecular flexibility index (Phi) is 4.53. The van der Waals surface area contributed by atoms with Crippen molar-refractivity contribution < 1.29 is 14.6 Å². The van der Waals surface area contributed by atoms with Gasteiger partial charge in [0.05, 0.1) is 22.1 Å². The molecule has 0 atom stereocenters. The molecule has 0 saturated heterocycles. The van der Waals surface area contributed by atoms with Crippen LogP contribution in [-0.2, 0) is 6.61 Å². The molecule has 0 amide bonds. The van der Waals surface area contributed by atoms with E-state index in [-0.39, 0.29) is 12.3 Å². The van der Waals surface area contributed by atoms with E-state index in [1.54, 1.807) is 30.3 Å². The molecule has 1 aromatic heterocycles. The first-order valence-electron chi connectivity index (χ1n) is 6.81. The van der Waals surface area contributed by atoms with Gasteiger partial charge in [0.1, 0.15) is 5.69 Å². The average molecular weight is 365 g/mol. The molecular weight excluding hydrogens is 355 g/mol. The van der Waals surface area contributed by atoms with Gasteiger partial charge < -0.3 is 9.63 Å². The van der Waals surface area contributed by atoms with Gasteiger partial charge in [-0.3, -0.25) is 10.1 Å². The van der Waals surface area contributed by atoms with Crippen LogP contribution < -0.4 is 0 Å². The van der Waals surface area contributed by atoms with Gasteiger partial charge in [-0.15, -0.1) is 0 Å². The summed E-state index contributed by atoms with van der Waals surface area (Å²) in [6.45, 7) is -0.339. The van der Waals surface area contributed by atoms with Crippen LogP contribution in [0.2, 0.25) is 10.0 Å². The third kappa shape index (κ3) is 2.99. The number of aliphatic hydroxyl groups excluding tert-OH is 1. The number of benzene rings is 2. The first-order valence-corrected chi connectivity index (χ1v) is 7.56. The zero-order chi connectivity index (χ0) is 17.3. The molecular formula is C16H10Cl2N2O4. The van der Waals surface area contributed by atoms with Crippen molar-refractivity contribution in [1.82, 2.24) is 5.16 Å². The van der Waals surface area contributed by atoms with Crippen LogP contribution in [0.5, 0.6) is 0 Å². The highest BCUT2D eigenvalue weighted by molar-refractivity contribution is 6.35. The van der Waals surface area contributed by atoms with Crippen molar-refractivity contribution in [1.29, 1.82) is 0 Å². The van der Waals surface area contributed by atoms with Crippen LogP contribution in [-0.4, -0.2) is 15.2 Å². The fraction of sp³-hybridized carbons (Fsp3) is 0.0625. The van der Waals surface area contributed by atoms with E-state index < -0.39 is 4.92 Å². The first kappa shape index (κ1) is 16.4. The Bertz CT molecular complexity index is 907. The van der Waals surface area contributed by atoms with E-state index in [1.807, 2.05) is 0 Å². The van der Waals surface area contributed by atoms with E-state index in [0.29, 0.717) is 38.2 Å². The number of halogens is 2. The van der Waals surface area contributed by atoms with E-state index in [0.717, 1.165) is 0 Å². The van der Waals surface area contributed by atoms with E-state index >= 15 is 0 Å². The van der Waals surface area contributed by atoms with Gasteiger partial charge in [-0.05, 0) is 30.3 Å². The van der Waals surface area contributed by atoms with Gasteiger partial charge in [-0.1, -0.05) is 28.4 Å². The molecule has 2 aromatic carbocycles. The fourth-order valence-electron chi connectivity index (χ4n) is 2.31. The van der Waals surface area contributed by atoms with Gasteiger partial charge in [0, 0.05) is 28.3 Å². The normalized spacial score (nSPS) is 10.8. The van der Waals surface area contributed by atoms with Crippen molar-refractivity contribution >= 4 is 28.9 Å². The maximum atomic E-state index is 10.7. The van der Waals surface area contributed by atoms with Gasteiger partial charge in [-0.2, -0.15) is 0 Å². The molecule has 1 N–H and O–H groups in total. The molecule has 3 rings (SSSR count). The number of nitrogens with zero attached hydrogens (tertiary/aromatic N) is 2. The summed E-state index contributed by atoms with van der Waals surface area (Å²) in [4.78, 5) is 10.2. The number of aromatic nitrogens is 1. The van der Waals surface area contributed by atoms with Crippen LogP contribution >= 0.6 is 23.2 Å². The van der Waals surface area contributed by atoms with Crippen LogP contribution in [0.4, 0.5) is 5.69 Å². The van der Waals surface area contributed by atoms with E-state index in [2.05, 4.69) is 5.16 Å². The molecule has 0 aliphatic heterocycles. The summed E-state index contributed by atoms with van der Waals surface area (Å²) in [5.41, 5.74) is 1.86. The fourth-order valence-corrected chi connectivity index (χ4v) is 2.68. The van der Waals surface area contributed by atoms with Crippen molar-refractivity contribution in [2.24, 2.45) is 0 Å². The SMILES string of the molecule is O=[N+]([O-])c1ccc(-c2noc(-c3cc(Cl)ccc3Cl)c2CO)cc1. The summed E-state index contributed by atoms with van der Waals surface area (Å²) < 4.78 is 5.35. The van der Waals surface area contributed by atoms with Crippen molar-refractivity contribution in [3.05, 3.63) is 68.2 Å². The van der Waals surface area contributed by atoms with E-state index in [4.69, 9.17) is 27.7 Å². The van der Waals surface area contributed by atoms with Gasteiger partial charge in [0.2, 0.25) is 0 Å². The van der Waals surface area contributed by atoms with Crippen LogP contribution in [0.15, 0.2) is 47.0 Å². The minimum Gasteiger partial charge on any atom is -0.391 e. The number of hydrogen-bond acceptors (Lipinski definition) is 5. The number of non-ortho nitro benzene ring substituents is 1. The monoisotopic (exact) mass is 364 g/mol. The first-order chi connectivity index (χ1) is 11.5. The van der Waals surface area contributed by atoms with Gasteiger partial charge in [0.25, 0.3) is 5.69 Å². The molecule has 24 heavy (non-hydrogen) atoms. The lowest BCUT2D eigenvalue weighted by Gasteiger charge is -2.04. The third-order valence-electron chi connectivity index (χ3n) is 3.47. The second-order valence-electron chi connectivity index (χ2n) is 4.93. The molecule has 0 aliphatic carbocycles. The third-order valence-corrected chi connectivity index (χ3v) is 4.04. The second kappa shape index (κ2) is 6.60. The number of nitro groups is 1. The second-order valence-corrected chi connectivity index (χ2v) is 5.77. The minimum atomic E-state index is -0.489. The van der Waals surface area contributed by atoms with E-state index in [1.165, 1.54) is 12.1 Å². The summed E-state index contributed by atoms with van der Waals surface area (Å²) in [7, 11) is 0. The maximum Gasteiger partial charge on any atom is 0.269 e. The Labute approximate surface area is 146 Å². The summed E-state index contributed by atoms with van der Waals surface area (Å²) >= 11 is 12.2. The molecule has 0 radical (unpaired) electrons. The number of rotatable bonds is 4. The van der Waals surface area contributed by atoms with Crippen LogP contribution in [0, 0.1) is 10.1 Å². The van der Waals surface area contributed by atoms with Gasteiger partial charge in [-0.25, -0.2) is 0 Å². The quantitative estimate of drug-likeness (QED) is 0.534. The maximum absolute atomic E-state index is 10.7. The molecule has 6 nitrogen and oxygen atoms in total. The lowest BCUT2D eigenvalue weighted by molar-refractivity contribution is -0.384. The highest BCUT2D eigenvalue weighted by Gasteiger charge is 2.21. The lowest BCUT2D eigenvalue weighted by atomic mass is 10.0. The largest absolute Gasteiger partial charge is 0.391 e. The molecule has 1 heterocycles. The van der Waals surface area contributed by atoms with Crippen LogP contribution in [0.25, 0.3) is 22.6 Å². The van der Waals surface area contributed by atoms with Crippen molar-refractivity contribution in [3.8, 4) is 22.6 Å². The highest BCUT2D eigenvalue weighted by atomic mass is 35.5. The topological polar surface area (TPSA) is 89.4 Å². The van der Waals surface area contributed by atoms with E-state index in [9.17, 15) is 15.2 Å². The van der Waals surface area contributed by atoms with Crippen molar-refractivity contribution in [2.45, 2.75) is 6.61 Å². The molecule has 0 fully saturated rings. The Morgan fingerprint density at radius 2 is 1.88 bits per heavy atom. The lowest BCUT2D eigenvalue weighted by Crippen LogP contribution is -1.91. The number of nitro benzene ring substituents is 1. The smallest absolute Gasteiger partial charge is 0.269 e.